The summed E-state index contributed by atoms with van der Waals surface area (Å²) in [5.41, 5.74) is -0.645. The Morgan fingerprint density at radius 2 is 1.86 bits per heavy atom. The highest BCUT2D eigenvalue weighted by Crippen LogP contribution is 2.42. The number of carbonyl (C=O) groups is 2. The van der Waals surface area contributed by atoms with E-state index in [-0.39, 0.29) is 29.4 Å². The van der Waals surface area contributed by atoms with Crippen LogP contribution in [0.5, 0.6) is 5.75 Å². The summed E-state index contributed by atoms with van der Waals surface area (Å²) in [4.78, 5) is 38.2. The molecule has 10 nitrogen and oxygen atoms in total. The van der Waals surface area contributed by atoms with Crippen LogP contribution in [0, 0.1) is 10.1 Å². The lowest BCUT2D eigenvalue weighted by molar-refractivity contribution is -0.767. The number of alkyl halides is 3. The van der Waals surface area contributed by atoms with Crippen molar-refractivity contribution < 1.29 is 51.6 Å². The van der Waals surface area contributed by atoms with Crippen molar-refractivity contribution in [2.24, 2.45) is 0 Å². The van der Waals surface area contributed by atoms with Crippen LogP contribution < -0.4 is 4.74 Å². The van der Waals surface area contributed by atoms with Crippen LogP contribution in [0.4, 0.5) is 18.0 Å². The Bertz CT molecular complexity index is 1000. The molecular weight excluding hydrogens is 503 g/mol. The molecule has 1 aromatic carbocycles. The topological polar surface area (TPSA) is 123 Å². The Kier molecular flexibility index (Phi) is 8.82. The number of hydrogen-bond acceptors (Lipinski definition) is 9. The number of fused-ring (bicyclic) bond motifs is 1. The first-order valence-electron chi connectivity index (χ1n) is 10.2. The zero-order valence-corrected chi connectivity index (χ0v) is 19.9. The predicted octanol–water partition coefficient (Wildman–Crippen LogP) is 4.99. The lowest BCUT2D eigenvalue weighted by Gasteiger charge is -2.30. The highest BCUT2D eigenvalue weighted by molar-refractivity contribution is 6.31. The Labute approximate surface area is 203 Å². The zero-order chi connectivity index (χ0) is 26.6. The van der Waals surface area contributed by atoms with Crippen molar-refractivity contribution >= 4 is 29.8 Å². The van der Waals surface area contributed by atoms with Gasteiger partial charge in [0.05, 0.1) is 12.2 Å². The molecule has 0 bridgehead atoms. The van der Waals surface area contributed by atoms with E-state index in [9.17, 15) is 32.9 Å². The second-order valence-electron chi connectivity index (χ2n) is 8.48. The summed E-state index contributed by atoms with van der Waals surface area (Å²) in [6.07, 6.45) is -8.82. The first-order valence-corrected chi connectivity index (χ1v) is 10.5. The van der Waals surface area contributed by atoms with Crippen LogP contribution >= 0.6 is 11.6 Å². The fourth-order valence-corrected chi connectivity index (χ4v) is 3.42. The van der Waals surface area contributed by atoms with Gasteiger partial charge in [0.1, 0.15) is 11.9 Å². The molecule has 0 spiro atoms. The number of rotatable bonds is 8. The molecule has 0 radical (unpaired) electrons. The first-order chi connectivity index (χ1) is 16.1. The van der Waals surface area contributed by atoms with Crippen LogP contribution in [-0.4, -0.2) is 49.0 Å². The molecule has 1 aliphatic rings. The number of benzene rings is 1. The molecule has 1 heterocycles. The molecule has 0 amide bonds. The fraction of sp³-hybridized carbons (Fsp3) is 0.524. The molecule has 14 heteroatoms. The van der Waals surface area contributed by atoms with Crippen molar-refractivity contribution in [3.8, 4) is 5.75 Å². The van der Waals surface area contributed by atoms with Crippen LogP contribution in [0.2, 0.25) is 5.02 Å². The van der Waals surface area contributed by atoms with E-state index in [4.69, 9.17) is 16.3 Å². The van der Waals surface area contributed by atoms with Gasteiger partial charge in [0.15, 0.2) is 0 Å². The lowest BCUT2D eigenvalue weighted by Crippen LogP contribution is -2.41. The largest absolute Gasteiger partial charge is 0.511 e. The smallest absolute Gasteiger partial charge is 0.475 e. The maximum Gasteiger partial charge on any atom is 0.511 e. The van der Waals surface area contributed by atoms with Gasteiger partial charge in [-0.2, -0.15) is 13.2 Å². The third kappa shape index (κ3) is 7.91. The summed E-state index contributed by atoms with van der Waals surface area (Å²) in [6, 6.07) is 2.78. The summed E-state index contributed by atoms with van der Waals surface area (Å²) in [5.74, 6) is -1.54. The van der Waals surface area contributed by atoms with Crippen LogP contribution in [0.3, 0.4) is 0 Å². The molecular formula is C21H23ClF3NO9. The van der Waals surface area contributed by atoms with E-state index in [0.29, 0.717) is 5.56 Å². The molecule has 1 unspecified atom stereocenters. The molecule has 0 aromatic heterocycles. The van der Waals surface area contributed by atoms with E-state index >= 15 is 0 Å². The monoisotopic (exact) mass is 525 g/mol. The van der Waals surface area contributed by atoms with Crippen molar-refractivity contribution in [1.82, 2.24) is 0 Å². The van der Waals surface area contributed by atoms with Gasteiger partial charge in [0.2, 0.25) is 12.9 Å². The third-order valence-corrected chi connectivity index (χ3v) is 4.97. The number of nitrogens with zero attached hydrogens (tertiary/aromatic N) is 1. The van der Waals surface area contributed by atoms with E-state index in [1.807, 2.05) is 20.8 Å². The second kappa shape index (κ2) is 11.0. The molecule has 0 fully saturated rings. The predicted molar refractivity (Wildman–Crippen MR) is 114 cm³/mol. The number of ether oxygens (including phenoxy) is 4. The van der Waals surface area contributed by atoms with Gasteiger partial charge >= 0.3 is 18.3 Å². The SMILES string of the molecule is CC(CCOC(=O)OCOC(=O)C1=Cc2cc(Cl)c(C(C)(C)C)cc2O[C@@H]1C(F)(F)F)O[N+](=O)[O-]. The van der Waals surface area contributed by atoms with Gasteiger partial charge in [0, 0.05) is 17.0 Å². The average Bonchev–Trinajstić information content (AvgIpc) is 2.70. The summed E-state index contributed by atoms with van der Waals surface area (Å²) in [7, 11) is 0. The molecule has 0 aliphatic carbocycles. The molecule has 194 valence electrons. The Hall–Kier alpha value is -3.22. The molecule has 0 saturated heterocycles. The minimum absolute atomic E-state index is 0.0355. The van der Waals surface area contributed by atoms with E-state index in [2.05, 4.69) is 19.0 Å². The molecule has 35 heavy (non-hydrogen) atoms. The highest BCUT2D eigenvalue weighted by Gasteiger charge is 2.49. The minimum Gasteiger partial charge on any atom is -0.475 e. The fourth-order valence-electron chi connectivity index (χ4n) is 2.97. The third-order valence-electron chi connectivity index (χ3n) is 4.66. The Morgan fingerprint density at radius 1 is 1.20 bits per heavy atom. The standard InChI is InChI=1S/C21H23ClF3NO9/c1-11(35-26(29)30)5-6-31-19(28)33-10-32-18(27)13-7-12-8-15(22)14(20(2,3)4)9-16(12)34-17(13)21(23,24)25/h7-9,11,17H,5-6,10H2,1-4H3/t11?,17-/m0/s1. The average molecular weight is 526 g/mol. The van der Waals surface area contributed by atoms with Gasteiger partial charge < -0.3 is 23.8 Å². The molecule has 1 aliphatic heterocycles. The molecule has 1 aromatic rings. The zero-order valence-electron chi connectivity index (χ0n) is 19.1. The molecule has 0 N–H and O–H groups in total. The first kappa shape index (κ1) is 28.0. The highest BCUT2D eigenvalue weighted by atomic mass is 35.5. The molecule has 2 atom stereocenters. The summed E-state index contributed by atoms with van der Waals surface area (Å²) in [6.45, 7) is 5.49. The minimum atomic E-state index is -4.95. The number of esters is 1. The number of hydrogen-bond donors (Lipinski definition) is 0. The van der Waals surface area contributed by atoms with E-state index in [1.165, 1.54) is 19.1 Å². The van der Waals surface area contributed by atoms with E-state index < -0.39 is 53.4 Å². The summed E-state index contributed by atoms with van der Waals surface area (Å²) < 4.78 is 59.7. The van der Waals surface area contributed by atoms with Crippen LogP contribution in [0.15, 0.2) is 17.7 Å². The van der Waals surface area contributed by atoms with Gasteiger partial charge in [-0.05, 0) is 36.1 Å². The van der Waals surface area contributed by atoms with Crippen LogP contribution in [0.25, 0.3) is 6.08 Å². The van der Waals surface area contributed by atoms with Gasteiger partial charge in [-0.25, -0.2) is 9.59 Å². The Morgan fingerprint density at radius 3 is 2.43 bits per heavy atom. The van der Waals surface area contributed by atoms with E-state index in [0.717, 1.165) is 6.08 Å². The van der Waals surface area contributed by atoms with Crippen LogP contribution in [-0.2, 0) is 29.3 Å². The van der Waals surface area contributed by atoms with Crippen molar-refractivity contribution in [3.63, 3.8) is 0 Å². The Balaban J connectivity index is 2.05. The van der Waals surface area contributed by atoms with Crippen LogP contribution in [0.1, 0.15) is 45.2 Å². The van der Waals surface area contributed by atoms with Gasteiger partial charge in [0.25, 0.3) is 5.09 Å². The summed E-state index contributed by atoms with van der Waals surface area (Å²) in [5, 5.41) is 9.45. The number of carbonyl (C=O) groups excluding carboxylic acids is 2. The van der Waals surface area contributed by atoms with Crippen molar-refractivity contribution in [1.29, 1.82) is 0 Å². The van der Waals surface area contributed by atoms with Gasteiger partial charge in [-0.1, -0.05) is 32.4 Å². The summed E-state index contributed by atoms with van der Waals surface area (Å²) >= 11 is 6.27. The molecule has 2 rings (SSSR count). The molecule has 0 saturated carbocycles. The van der Waals surface area contributed by atoms with Crippen molar-refractivity contribution in [2.45, 2.75) is 57.9 Å². The maximum atomic E-state index is 13.6. The lowest BCUT2D eigenvalue weighted by atomic mass is 9.85. The van der Waals surface area contributed by atoms with Gasteiger partial charge in [-0.15, -0.1) is 10.1 Å². The van der Waals surface area contributed by atoms with Gasteiger partial charge in [-0.3, -0.25) is 0 Å². The maximum absolute atomic E-state index is 13.6. The van der Waals surface area contributed by atoms with E-state index in [1.54, 1.807) is 0 Å². The van der Waals surface area contributed by atoms with Crippen molar-refractivity contribution in [2.75, 3.05) is 13.4 Å². The quantitative estimate of drug-likeness (QED) is 0.200. The number of halogens is 4. The normalized spacial score (nSPS) is 16.2. The van der Waals surface area contributed by atoms with Crippen molar-refractivity contribution in [3.05, 3.63) is 44.0 Å². The second-order valence-corrected chi connectivity index (χ2v) is 8.89.